The number of hydrogen-bond acceptors (Lipinski definition) is 5. The second-order valence-corrected chi connectivity index (χ2v) is 6.61. The molecule has 146 valence electrons. The minimum absolute atomic E-state index is 0.00828. The largest absolute Gasteiger partial charge is 0.506 e. The number of carbonyl (C=O) groups excluding carboxylic acids is 2. The van der Waals surface area contributed by atoms with Gasteiger partial charge in [0.05, 0.1) is 12.4 Å². The maximum Gasteiger partial charge on any atom is 0.342 e. The van der Waals surface area contributed by atoms with E-state index in [1.807, 2.05) is 0 Å². The number of amides is 1. The van der Waals surface area contributed by atoms with Gasteiger partial charge in [-0.3, -0.25) is 4.79 Å². The number of aliphatic carboxylic acids is 1. The smallest absolute Gasteiger partial charge is 0.342 e. The van der Waals surface area contributed by atoms with Gasteiger partial charge >= 0.3 is 11.9 Å². The second kappa shape index (κ2) is 7.90. The summed E-state index contributed by atoms with van der Waals surface area (Å²) in [6.07, 6.45) is -0.909. The minimum atomic E-state index is -1.72. The molecule has 1 amide bonds. The first-order valence-corrected chi connectivity index (χ1v) is 8.57. The van der Waals surface area contributed by atoms with Gasteiger partial charge < -0.3 is 20.3 Å². The van der Waals surface area contributed by atoms with Crippen molar-refractivity contribution in [1.29, 1.82) is 0 Å². The molecular weight excluding hydrogens is 386 g/mol. The number of ether oxygens (including phenoxy) is 1. The topological polar surface area (TPSA) is 113 Å². The third kappa shape index (κ3) is 3.94. The molecule has 1 aliphatic rings. The van der Waals surface area contributed by atoms with Crippen LogP contribution in [0.3, 0.4) is 0 Å². The van der Waals surface area contributed by atoms with E-state index >= 15 is 0 Å². The molecule has 2 atom stereocenters. The van der Waals surface area contributed by atoms with E-state index < -0.39 is 77.9 Å². The summed E-state index contributed by atoms with van der Waals surface area (Å²) in [6.45, 7) is 1.63. The molecular formula is C20H18ClNO6. The summed E-state index contributed by atoms with van der Waals surface area (Å²) in [7, 11) is 0. The van der Waals surface area contributed by atoms with Gasteiger partial charge in [0.2, 0.25) is 0 Å². The maximum atomic E-state index is 12.8. The molecule has 0 saturated carbocycles. The highest BCUT2D eigenvalue weighted by Crippen LogP contribution is 2.36. The zero-order chi connectivity index (χ0) is 24.8. The lowest BCUT2D eigenvalue weighted by molar-refractivity contribution is -0.139. The lowest BCUT2D eigenvalue weighted by Gasteiger charge is -2.24. The number of carbonyl (C=O) groups is 3. The number of aromatic hydroxyl groups is 1. The van der Waals surface area contributed by atoms with Crippen LogP contribution in [0.15, 0.2) is 36.3 Å². The molecule has 2 aromatic carbocycles. The summed E-state index contributed by atoms with van der Waals surface area (Å²) >= 11 is 6.19. The van der Waals surface area contributed by atoms with Crippen LogP contribution < -0.4 is 5.32 Å². The van der Waals surface area contributed by atoms with Crippen molar-refractivity contribution in [2.24, 2.45) is 0 Å². The number of phenols is 1. The Morgan fingerprint density at radius 2 is 2.07 bits per heavy atom. The molecule has 1 aliphatic heterocycles. The van der Waals surface area contributed by atoms with E-state index in [-0.39, 0.29) is 22.6 Å². The van der Waals surface area contributed by atoms with Crippen LogP contribution in [0.5, 0.6) is 5.75 Å². The number of benzene rings is 2. The number of phenolic OH excluding ortho intramolecular Hbond substituents is 1. The van der Waals surface area contributed by atoms with Crippen LogP contribution in [0.1, 0.15) is 45.6 Å². The fourth-order valence-electron chi connectivity index (χ4n) is 2.86. The van der Waals surface area contributed by atoms with Gasteiger partial charge in [0.1, 0.15) is 23.5 Å². The molecule has 28 heavy (non-hydrogen) atoms. The normalized spacial score (nSPS) is 19.1. The highest BCUT2D eigenvalue weighted by atomic mass is 35.5. The quantitative estimate of drug-likeness (QED) is 0.655. The molecule has 1 heterocycles. The number of cyclic esters (lactones) is 1. The van der Waals surface area contributed by atoms with E-state index in [1.165, 1.54) is 0 Å². The fraction of sp³-hybridized carbons (Fsp3) is 0.250. The summed E-state index contributed by atoms with van der Waals surface area (Å²) in [5.74, 6) is -4.25. The first kappa shape index (κ1) is 14.0. The summed E-state index contributed by atoms with van der Waals surface area (Å²) in [5.41, 5.74) is -0.775. The number of carboxylic acids is 1. The van der Waals surface area contributed by atoms with Gasteiger partial charge in [-0.05, 0) is 24.1 Å². The predicted molar refractivity (Wildman–Crippen MR) is 101 cm³/mol. The lowest BCUT2D eigenvalue weighted by atomic mass is 9.95. The second-order valence-electron chi connectivity index (χ2n) is 6.20. The van der Waals surface area contributed by atoms with Crippen molar-refractivity contribution in [3.8, 4) is 5.75 Å². The Balaban J connectivity index is 1.97. The van der Waals surface area contributed by atoms with Crippen molar-refractivity contribution in [2.45, 2.75) is 31.9 Å². The Morgan fingerprint density at radius 1 is 1.39 bits per heavy atom. The van der Waals surface area contributed by atoms with E-state index in [9.17, 15) is 24.6 Å². The van der Waals surface area contributed by atoms with Gasteiger partial charge in [0.15, 0.2) is 0 Å². The number of esters is 1. The van der Waals surface area contributed by atoms with Gasteiger partial charge in [-0.15, -0.1) is 0 Å². The molecule has 3 rings (SSSR count). The monoisotopic (exact) mass is 408 g/mol. The maximum absolute atomic E-state index is 12.8. The van der Waals surface area contributed by atoms with E-state index in [4.69, 9.17) is 23.2 Å². The highest BCUT2D eigenvalue weighted by Gasteiger charge is 2.33. The van der Waals surface area contributed by atoms with Crippen LogP contribution in [0.4, 0.5) is 0 Å². The Labute approximate surface area is 172 Å². The Bertz CT molecular complexity index is 1180. The predicted octanol–water partition coefficient (Wildman–Crippen LogP) is 2.57. The number of hydrogen-bond donors (Lipinski definition) is 3. The van der Waals surface area contributed by atoms with Crippen LogP contribution in [0.25, 0.3) is 0 Å². The Kier molecular flexibility index (Phi) is 3.95. The molecule has 8 heteroatoms. The van der Waals surface area contributed by atoms with Crippen molar-refractivity contribution >= 4 is 29.4 Å². The highest BCUT2D eigenvalue weighted by molar-refractivity contribution is 6.32. The third-order valence-corrected chi connectivity index (χ3v) is 4.50. The molecule has 0 bridgehead atoms. The average molecular weight is 409 g/mol. The van der Waals surface area contributed by atoms with Crippen LogP contribution >= 0.6 is 11.6 Å². The van der Waals surface area contributed by atoms with E-state index in [0.717, 1.165) is 6.07 Å². The molecule has 0 unspecified atom stereocenters. The van der Waals surface area contributed by atoms with Gasteiger partial charge in [-0.25, -0.2) is 9.59 Å². The first-order chi connectivity index (χ1) is 15.3. The fourth-order valence-corrected chi connectivity index (χ4v) is 3.14. The van der Waals surface area contributed by atoms with Gasteiger partial charge in [-0.2, -0.15) is 0 Å². The standard InChI is InChI=1S/C20H18ClNO6/c1-10-7-12-14(21)9-13(17(23)16(12)20(27)28-10)18(24)22-15(19(25)26)8-11-5-3-2-4-6-11/h2-6,9-10,15,23H,7-8H2,1H3,(H,22,24)(H,25,26)/t10-,15+/m1/s1/i2D,3D,4D,5D,6D. The molecule has 2 aromatic rings. The molecule has 0 fully saturated rings. The zero-order valence-corrected chi connectivity index (χ0v) is 15.3. The Hall–Kier alpha value is -3.06. The first-order valence-electron chi connectivity index (χ1n) is 10.7. The molecule has 0 aromatic heterocycles. The number of halogens is 1. The number of nitrogens with one attached hydrogen (secondary N) is 1. The number of rotatable bonds is 5. The molecule has 0 radical (unpaired) electrons. The van der Waals surface area contributed by atoms with Gasteiger partial charge in [0, 0.05) is 17.9 Å². The summed E-state index contributed by atoms with van der Waals surface area (Å²) in [6, 6.07) is -3.75. The minimum Gasteiger partial charge on any atom is -0.506 e. The molecule has 0 saturated heterocycles. The van der Waals surface area contributed by atoms with Gasteiger partial charge in [0.25, 0.3) is 5.91 Å². The van der Waals surface area contributed by atoms with Crippen LogP contribution in [-0.2, 0) is 22.4 Å². The van der Waals surface area contributed by atoms with E-state index in [2.05, 4.69) is 5.32 Å². The number of carboxylic acid groups (broad SMARTS) is 1. The number of fused-ring (bicyclic) bond motifs is 1. The van der Waals surface area contributed by atoms with Crippen LogP contribution in [0.2, 0.25) is 5.02 Å². The van der Waals surface area contributed by atoms with Crippen molar-refractivity contribution in [1.82, 2.24) is 5.32 Å². The van der Waals surface area contributed by atoms with Crippen molar-refractivity contribution in [2.75, 3.05) is 0 Å². The van der Waals surface area contributed by atoms with E-state index in [1.54, 1.807) is 6.92 Å². The summed E-state index contributed by atoms with van der Waals surface area (Å²) in [4.78, 5) is 36.8. The van der Waals surface area contributed by atoms with Gasteiger partial charge in [-0.1, -0.05) is 41.8 Å². The average Bonchev–Trinajstić information content (AvgIpc) is 2.74. The van der Waals surface area contributed by atoms with E-state index in [0.29, 0.717) is 5.56 Å². The molecule has 3 N–H and O–H groups in total. The van der Waals surface area contributed by atoms with Crippen molar-refractivity contribution in [3.63, 3.8) is 0 Å². The van der Waals surface area contributed by atoms with Crippen molar-refractivity contribution < 1.29 is 36.2 Å². The SMILES string of the molecule is [2H]c1c([2H])c([2H])c(C[C@H](NC(=O)c2cc(Cl)c3c(c2O)C(=O)O[C@H](C)C3)C(=O)O)c([2H])c1[2H]. The van der Waals surface area contributed by atoms with Crippen LogP contribution in [0, 0.1) is 0 Å². The molecule has 0 aliphatic carbocycles. The van der Waals surface area contributed by atoms with Crippen LogP contribution in [-0.4, -0.2) is 40.2 Å². The zero-order valence-electron chi connectivity index (χ0n) is 19.6. The third-order valence-electron chi connectivity index (χ3n) is 4.17. The lowest BCUT2D eigenvalue weighted by Crippen LogP contribution is -2.42. The summed E-state index contributed by atoms with van der Waals surface area (Å²) < 4.78 is 44.0. The molecule has 7 nitrogen and oxygen atoms in total. The summed E-state index contributed by atoms with van der Waals surface area (Å²) in [5, 5.41) is 22.2. The van der Waals surface area contributed by atoms with Crippen molar-refractivity contribution in [3.05, 3.63) is 63.6 Å². The Morgan fingerprint density at radius 3 is 2.71 bits per heavy atom. The molecule has 0 spiro atoms.